The van der Waals surface area contributed by atoms with E-state index in [1.807, 2.05) is 0 Å². The van der Waals surface area contributed by atoms with Gasteiger partial charge in [-0.25, -0.2) is 4.79 Å². The number of ether oxygens (including phenoxy) is 2. The van der Waals surface area contributed by atoms with Crippen molar-refractivity contribution in [1.82, 2.24) is 0 Å². The summed E-state index contributed by atoms with van der Waals surface area (Å²) in [5.74, 6) is -0.902. The van der Waals surface area contributed by atoms with Crippen LogP contribution in [0.1, 0.15) is 0 Å². The number of quaternary nitrogens is 1. The lowest BCUT2D eigenvalue weighted by molar-refractivity contribution is -0.656. The number of hydrogen-bond donors (Lipinski definition) is 0. The zero-order valence-electron chi connectivity index (χ0n) is 5.60. The minimum absolute atomic E-state index is 0.556. The molecule has 0 unspecified atom stereocenters. The minimum atomic E-state index is -1.56. The van der Waals surface area contributed by atoms with Crippen LogP contribution in [-0.2, 0) is 14.3 Å². The van der Waals surface area contributed by atoms with E-state index in [1.54, 1.807) is 0 Å². The standard InChI is InChI=1S/C5H2NO6/c7-2-1-11-3(8)6(2)4(9)12-5(6)10/h1H2/q+1. The Morgan fingerprint density at radius 2 is 1.58 bits per heavy atom. The number of rotatable bonds is 0. The second-order valence-electron chi connectivity index (χ2n) is 2.25. The number of carbonyl (C=O) groups is 4. The van der Waals surface area contributed by atoms with E-state index in [2.05, 4.69) is 9.47 Å². The van der Waals surface area contributed by atoms with Crippen molar-refractivity contribution >= 4 is 24.2 Å². The van der Waals surface area contributed by atoms with Crippen LogP contribution >= 0.6 is 0 Å². The first-order valence-electron chi connectivity index (χ1n) is 2.97. The van der Waals surface area contributed by atoms with Crippen molar-refractivity contribution in [3.63, 3.8) is 0 Å². The minimum Gasteiger partial charge on any atom is -0.404 e. The molecule has 7 heteroatoms. The van der Waals surface area contributed by atoms with Crippen LogP contribution in [0.5, 0.6) is 0 Å². The zero-order valence-corrected chi connectivity index (χ0v) is 5.60. The Labute approximate surface area is 65.0 Å². The highest BCUT2D eigenvalue weighted by atomic mass is 16.7. The molecule has 2 aliphatic rings. The van der Waals surface area contributed by atoms with Crippen molar-refractivity contribution in [3.05, 3.63) is 0 Å². The van der Waals surface area contributed by atoms with Gasteiger partial charge in [0.2, 0.25) is 6.61 Å². The molecule has 12 heavy (non-hydrogen) atoms. The molecule has 0 bridgehead atoms. The van der Waals surface area contributed by atoms with Gasteiger partial charge in [0, 0.05) is 4.48 Å². The number of amides is 4. The van der Waals surface area contributed by atoms with E-state index >= 15 is 0 Å². The lowest BCUT2D eigenvalue weighted by atomic mass is 10.4. The van der Waals surface area contributed by atoms with Crippen molar-refractivity contribution in [2.75, 3.05) is 6.61 Å². The summed E-state index contributed by atoms with van der Waals surface area (Å²) >= 11 is 0. The van der Waals surface area contributed by atoms with Gasteiger partial charge in [0.1, 0.15) is 0 Å². The molecule has 0 aliphatic carbocycles. The van der Waals surface area contributed by atoms with Gasteiger partial charge in [-0.05, 0) is 0 Å². The quantitative estimate of drug-likeness (QED) is 0.370. The van der Waals surface area contributed by atoms with Crippen molar-refractivity contribution < 1.29 is 33.1 Å². The topological polar surface area (TPSA) is 86.7 Å². The van der Waals surface area contributed by atoms with Crippen molar-refractivity contribution in [1.29, 1.82) is 0 Å². The summed E-state index contributed by atoms with van der Waals surface area (Å²) in [5.41, 5.74) is 0. The second kappa shape index (κ2) is 1.69. The fourth-order valence-electron chi connectivity index (χ4n) is 1.02. The first-order valence-corrected chi connectivity index (χ1v) is 2.97. The summed E-state index contributed by atoms with van der Waals surface area (Å²) in [4.78, 5) is 43.1. The molecule has 0 radical (unpaired) electrons. The summed E-state index contributed by atoms with van der Waals surface area (Å²) in [5, 5.41) is 0. The van der Waals surface area contributed by atoms with Crippen LogP contribution in [-0.4, -0.2) is 35.3 Å². The third kappa shape index (κ3) is 0.443. The molecule has 0 aromatic heterocycles. The summed E-state index contributed by atoms with van der Waals surface area (Å²) in [6.07, 6.45) is -3.55. The van der Waals surface area contributed by atoms with Gasteiger partial charge in [0.05, 0.1) is 0 Å². The molecular weight excluding hydrogens is 170 g/mol. The van der Waals surface area contributed by atoms with Gasteiger partial charge in [0.15, 0.2) is 0 Å². The molecule has 0 N–H and O–H groups in total. The van der Waals surface area contributed by atoms with E-state index in [4.69, 9.17) is 0 Å². The van der Waals surface area contributed by atoms with E-state index in [0.29, 0.717) is 0 Å². The van der Waals surface area contributed by atoms with Gasteiger partial charge in [-0.2, -0.15) is 14.4 Å². The molecule has 4 amide bonds. The van der Waals surface area contributed by atoms with E-state index in [9.17, 15) is 19.2 Å². The first-order chi connectivity index (χ1) is 5.60. The smallest absolute Gasteiger partial charge is 0.404 e. The second-order valence-corrected chi connectivity index (χ2v) is 2.25. The maximum absolute atomic E-state index is 10.9. The predicted molar refractivity (Wildman–Crippen MR) is 28.5 cm³/mol. The highest BCUT2D eigenvalue weighted by molar-refractivity contribution is 6.14. The number of cyclic esters (lactones) is 3. The van der Waals surface area contributed by atoms with Crippen molar-refractivity contribution in [2.45, 2.75) is 0 Å². The fraction of sp³-hybridized carbons (Fsp3) is 0.200. The first kappa shape index (κ1) is 6.92. The summed E-state index contributed by atoms with van der Waals surface area (Å²) in [7, 11) is 0. The third-order valence-electron chi connectivity index (χ3n) is 1.69. The molecular formula is C5H2NO6+. The Bertz CT molecular complexity index is 299. The number of carbonyl (C=O) groups excluding carboxylic acids is 4. The Kier molecular flexibility index (Phi) is 0.977. The molecule has 2 saturated heterocycles. The average Bonchev–Trinajstić information content (AvgIpc) is 2.30. The van der Waals surface area contributed by atoms with Gasteiger partial charge in [-0.1, -0.05) is 0 Å². The fourth-order valence-corrected chi connectivity index (χ4v) is 1.02. The van der Waals surface area contributed by atoms with Gasteiger partial charge >= 0.3 is 24.2 Å². The number of imide groups is 6. The predicted octanol–water partition coefficient (Wildman–Crippen LogP) is -0.250. The van der Waals surface area contributed by atoms with Crippen molar-refractivity contribution in [2.24, 2.45) is 0 Å². The van der Waals surface area contributed by atoms with Crippen LogP contribution in [0.2, 0.25) is 0 Å². The van der Waals surface area contributed by atoms with Gasteiger partial charge in [-0.3, -0.25) is 4.74 Å². The van der Waals surface area contributed by atoms with Crippen LogP contribution < -0.4 is 0 Å². The van der Waals surface area contributed by atoms with E-state index in [1.165, 1.54) is 0 Å². The SMILES string of the molecule is O=C1COC(=O)[N+]12C(=O)OC2=O. The van der Waals surface area contributed by atoms with Crippen LogP contribution in [0, 0.1) is 0 Å². The lowest BCUT2D eigenvalue weighted by Crippen LogP contribution is -2.69. The molecule has 7 nitrogen and oxygen atoms in total. The Hall–Kier alpha value is -1.76. The average molecular weight is 172 g/mol. The molecule has 2 fully saturated rings. The lowest BCUT2D eigenvalue weighted by Gasteiger charge is -2.23. The molecule has 62 valence electrons. The molecule has 2 aliphatic heterocycles. The van der Waals surface area contributed by atoms with Gasteiger partial charge < -0.3 is 4.74 Å². The molecule has 0 aromatic carbocycles. The summed E-state index contributed by atoms with van der Waals surface area (Å²) in [6.45, 7) is -0.556. The highest BCUT2D eigenvalue weighted by Crippen LogP contribution is 2.29. The summed E-state index contributed by atoms with van der Waals surface area (Å²) < 4.78 is 6.56. The van der Waals surface area contributed by atoms with E-state index in [0.717, 1.165) is 0 Å². The maximum atomic E-state index is 10.9. The van der Waals surface area contributed by atoms with Gasteiger partial charge in [0.25, 0.3) is 0 Å². The maximum Gasteiger partial charge on any atom is 0.557 e. The molecule has 0 saturated carbocycles. The Balaban J connectivity index is 2.53. The zero-order chi connectivity index (χ0) is 8.93. The van der Waals surface area contributed by atoms with Crippen LogP contribution in [0.15, 0.2) is 0 Å². The molecule has 2 rings (SSSR count). The Morgan fingerprint density at radius 3 is 1.83 bits per heavy atom. The Morgan fingerprint density at radius 1 is 1.00 bits per heavy atom. The number of hydrogen-bond acceptors (Lipinski definition) is 6. The molecule has 0 atom stereocenters. The largest absolute Gasteiger partial charge is 0.557 e. The molecule has 1 spiro atoms. The number of nitrogens with zero attached hydrogens (tertiary/aromatic N) is 1. The molecule has 2 heterocycles. The van der Waals surface area contributed by atoms with Crippen molar-refractivity contribution in [3.8, 4) is 0 Å². The normalized spacial score (nSPS) is 25.3. The van der Waals surface area contributed by atoms with E-state index in [-0.39, 0.29) is 0 Å². The van der Waals surface area contributed by atoms with Crippen LogP contribution in [0.25, 0.3) is 0 Å². The molecule has 0 aromatic rings. The monoisotopic (exact) mass is 172 g/mol. The van der Waals surface area contributed by atoms with Crippen LogP contribution in [0.3, 0.4) is 0 Å². The van der Waals surface area contributed by atoms with Crippen LogP contribution in [0.4, 0.5) is 14.4 Å². The summed E-state index contributed by atoms with van der Waals surface area (Å²) in [6, 6.07) is 0. The third-order valence-corrected chi connectivity index (χ3v) is 1.69. The highest BCUT2D eigenvalue weighted by Gasteiger charge is 2.77. The van der Waals surface area contributed by atoms with Gasteiger partial charge in [-0.15, -0.1) is 0 Å². The van der Waals surface area contributed by atoms with E-state index < -0.39 is 35.3 Å².